The molecule has 0 amide bonds. The second-order valence-electron chi connectivity index (χ2n) is 3.89. The van der Waals surface area contributed by atoms with Crippen LogP contribution in [0.25, 0.3) is 0 Å². The first-order valence-corrected chi connectivity index (χ1v) is 5.57. The standard InChI is InChI=1S/C10H13N3.BF4/c11-9-12-7-3-10(4-8-12)13-5-1-2-6-13;2-1(3,4)5/h3-4,7H,1-2,5-6,8H2;/q;-1. The van der Waals surface area contributed by atoms with E-state index < -0.39 is 7.25 Å². The maximum Gasteiger partial charge on any atom is 0.673 e. The summed E-state index contributed by atoms with van der Waals surface area (Å²) in [4.78, 5) is 4.00. The minimum atomic E-state index is -6.00. The zero-order chi connectivity index (χ0) is 13.6. The van der Waals surface area contributed by atoms with E-state index >= 15 is 0 Å². The molecule has 0 aliphatic carbocycles. The highest BCUT2D eigenvalue weighted by atomic mass is 19.5. The largest absolute Gasteiger partial charge is 0.673 e. The molecule has 18 heavy (non-hydrogen) atoms. The van der Waals surface area contributed by atoms with Crippen LogP contribution in [0.4, 0.5) is 17.3 Å². The molecule has 2 aliphatic rings. The third-order valence-corrected chi connectivity index (χ3v) is 2.52. The molecule has 1 saturated heterocycles. The van der Waals surface area contributed by atoms with Gasteiger partial charge >= 0.3 is 7.25 Å². The topological polar surface area (TPSA) is 30.3 Å². The average molecular weight is 262 g/mol. The van der Waals surface area contributed by atoms with E-state index in [-0.39, 0.29) is 0 Å². The summed E-state index contributed by atoms with van der Waals surface area (Å²) in [7, 11) is -6.00. The van der Waals surface area contributed by atoms with Crippen molar-refractivity contribution in [1.29, 1.82) is 5.26 Å². The molecule has 1 fully saturated rings. The van der Waals surface area contributed by atoms with Crippen molar-refractivity contribution in [3.05, 3.63) is 24.0 Å². The summed E-state index contributed by atoms with van der Waals surface area (Å²) in [6, 6.07) is 0. The molecule has 0 unspecified atom stereocenters. The van der Waals surface area contributed by atoms with Crippen LogP contribution in [0.3, 0.4) is 0 Å². The van der Waals surface area contributed by atoms with Crippen LogP contribution >= 0.6 is 0 Å². The van der Waals surface area contributed by atoms with Crippen molar-refractivity contribution in [2.75, 3.05) is 19.6 Å². The molecule has 0 aromatic heterocycles. The number of likely N-dealkylation sites (tertiary alicyclic amines) is 1. The highest BCUT2D eigenvalue weighted by Crippen LogP contribution is 2.17. The highest BCUT2D eigenvalue weighted by Gasteiger charge is 2.20. The smallest absolute Gasteiger partial charge is 0.418 e. The summed E-state index contributed by atoms with van der Waals surface area (Å²) in [6.45, 7) is 3.06. The van der Waals surface area contributed by atoms with Crippen LogP contribution in [0.1, 0.15) is 12.8 Å². The number of hydrogen-bond acceptors (Lipinski definition) is 3. The van der Waals surface area contributed by atoms with Gasteiger partial charge in [0, 0.05) is 25.0 Å². The molecule has 0 saturated carbocycles. The summed E-state index contributed by atoms with van der Waals surface area (Å²) in [5.41, 5.74) is 1.28. The Morgan fingerprint density at radius 3 is 2.11 bits per heavy atom. The van der Waals surface area contributed by atoms with Crippen LogP contribution in [-0.4, -0.2) is 36.7 Å². The summed E-state index contributed by atoms with van der Waals surface area (Å²) in [6.07, 6.45) is 10.7. The molecule has 0 radical (unpaired) electrons. The van der Waals surface area contributed by atoms with Crippen molar-refractivity contribution in [2.24, 2.45) is 0 Å². The van der Waals surface area contributed by atoms with Crippen molar-refractivity contribution < 1.29 is 17.3 Å². The molecule has 0 aromatic carbocycles. The van der Waals surface area contributed by atoms with Gasteiger partial charge < -0.3 is 22.2 Å². The minimum absolute atomic E-state index is 0.721. The summed E-state index contributed by atoms with van der Waals surface area (Å²) in [5.74, 6) is 0. The Hall–Kier alpha value is -1.65. The second kappa shape index (κ2) is 6.33. The van der Waals surface area contributed by atoms with Crippen LogP contribution in [-0.2, 0) is 0 Å². The SMILES string of the molecule is F[B-](F)(F)F.N#CN1C=CC(N2CCCC2)=CC1. The lowest BCUT2D eigenvalue weighted by atomic mass is 10.3. The van der Waals surface area contributed by atoms with E-state index in [0.717, 1.165) is 6.54 Å². The molecule has 8 heteroatoms. The molecule has 0 atom stereocenters. The molecule has 0 N–H and O–H groups in total. The molecular formula is C10H13BF4N3-. The van der Waals surface area contributed by atoms with Crippen molar-refractivity contribution >= 4 is 7.25 Å². The molecule has 0 spiro atoms. The molecular weight excluding hydrogens is 249 g/mol. The van der Waals surface area contributed by atoms with Gasteiger partial charge in [0.05, 0.1) is 6.54 Å². The fourth-order valence-corrected chi connectivity index (χ4v) is 1.77. The molecule has 100 valence electrons. The van der Waals surface area contributed by atoms with Gasteiger partial charge in [-0.2, -0.15) is 5.26 Å². The quantitative estimate of drug-likeness (QED) is 0.413. The minimum Gasteiger partial charge on any atom is -0.418 e. The summed E-state index contributed by atoms with van der Waals surface area (Å²) >= 11 is 0. The first-order valence-electron chi connectivity index (χ1n) is 5.57. The van der Waals surface area contributed by atoms with E-state index in [2.05, 4.69) is 17.2 Å². The van der Waals surface area contributed by atoms with Crippen LogP contribution < -0.4 is 0 Å². The van der Waals surface area contributed by atoms with Crippen LogP contribution in [0.2, 0.25) is 0 Å². The number of allylic oxidation sites excluding steroid dienone is 1. The van der Waals surface area contributed by atoms with Gasteiger partial charge in [0.2, 0.25) is 0 Å². The van der Waals surface area contributed by atoms with Gasteiger partial charge in [-0.1, -0.05) is 0 Å². The van der Waals surface area contributed by atoms with Crippen molar-refractivity contribution in [2.45, 2.75) is 12.8 Å². The zero-order valence-corrected chi connectivity index (χ0v) is 9.70. The van der Waals surface area contributed by atoms with Gasteiger partial charge in [0.1, 0.15) is 0 Å². The predicted molar refractivity (Wildman–Crippen MR) is 60.5 cm³/mol. The highest BCUT2D eigenvalue weighted by molar-refractivity contribution is 6.50. The number of nitriles is 1. The third-order valence-electron chi connectivity index (χ3n) is 2.52. The predicted octanol–water partition coefficient (Wildman–Crippen LogP) is 2.58. The van der Waals surface area contributed by atoms with Gasteiger partial charge in [-0.15, -0.1) is 0 Å². The molecule has 3 nitrogen and oxygen atoms in total. The molecule has 2 aliphatic heterocycles. The lowest BCUT2D eigenvalue weighted by molar-refractivity contribution is 0.368. The second-order valence-corrected chi connectivity index (χ2v) is 3.89. The number of nitrogens with zero attached hydrogens (tertiary/aromatic N) is 3. The number of rotatable bonds is 1. The van der Waals surface area contributed by atoms with Gasteiger partial charge in [0.15, 0.2) is 6.19 Å². The zero-order valence-electron chi connectivity index (χ0n) is 9.70. The fourth-order valence-electron chi connectivity index (χ4n) is 1.77. The number of halogens is 4. The lowest BCUT2D eigenvalue weighted by Crippen LogP contribution is -2.22. The van der Waals surface area contributed by atoms with E-state index in [1.165, 1.54) is 31.6 Å². The summed E-state index contributed by atoms with van der Waals surface area (Å²) < 4.78 is 39.0. The fraction of sp³-hybridized carbons (Fsp3) is 0.500. The molecule has 2 rings (SSSR count). The maximum absolute atomic E-state index is 9.75. The Morgan fingerprint density at radius 1 is 1.17 bits per heavy atom. The van der Waals surface area contributed by atoms with E-state index in [0.29, 0.717) is 0 Å². The van der Waals surface area contributed by atoms with Gasteiger partial charge in [-0.25, -0.2) is 0 Å². The first-order chi connectivity index (χ1) is 8.40. The third kappa shape index (κ3) is 5.61. The maximum atomic E-state index is 9.75. The van der Waals surface area contributed by atoms with Crippen LogP contribution in [0.5, 0.6) is 0 Å². The monoisotopic (exact) mass is 262 g/mol. The molecule has 0 aromatic rings. The molecule has 0 bridgehead atoms. The van der Waals surface area contributed by atoms with E-state index in [1.54, 1.807) is 4.90 Å². The summed E-state index contributed by atoms with van der Waals surface area (Å²) in [5, 5.41) is 8.62. The van der Waals surface area contributed by atoms with Crippen molar-refractivity contribution in [3.63, 3.8) is 0 Å². The van der Waals surface area contributed by atoms with E-state index in [4.69, 9.17) is 5.26 Å². The van der Waals surface area contributed by atoms with E-state index in [9.17, 15) is 17.3 Å². The number of hydrogen-bond donors (Lipinski definition) is 0. The normalized spacial score (nSPS) is 18.9. The van der Waals surface area contributed by atoms with Gasteiger partial charge in [-0.3, -0.25) is 4.90 Å². The van der Waals surface area contributed by atoms with Crippen LogP contribution in [0.15, 0.2) is 24.0 Å². The Morgan fingerprint density at radius 2 is 1.72 bits per heavy atom. The lowest BCUT2D eigenvalue weighted by Gasteiger charge is -2.23. The Bertz CT molecular complexity index is 360. The Kier molecular flexibility index (Phi) is 5.07. The van der Waals surface area contributed by atoms with Gasteiger partial charge in [-0.05, 0) is 25.0 Å². The van der Waals surface area contributed by atoms with Crippen molar-refractivity contribution in [1.82, 2.24) is 9.80 Å². The Labute approximate surface area is 103 Å². The van der Waals surface area contributed by atoms with Crippen LogP contribution in [0, 0.1) is 11.5 Å². The first kappa shape index (κ1) is 14.4. The average Bonchev–Trinajstić information content (AvgIpc) is 2.80. The van der Waals surface area contributed by atoms with Gasteiger partial charge in [0.25, 0.3) is 0 Å². The Balaban J connectivity index is 0.000000280. The molecule has 2 heterocycles. The van der Waals surface area contributed by atoms with Crippen molar-refractivity contribution in [3.8, 4) is 6.19 Å². The van der Waals surface area contributed by atoms with E-state index in [1.807, 2.05) is 12.3 Å².